The molecular weight excluding hydrogens is 466 g/mol. The van der Waals surface area contributed by atoms with Crippen molar-refractivity contribution in [3.63, 3.8) is 0 Å². The van der Waals surface area contributed by atoms with E-state index in [4.69, 9.17) is 13.9 Å². The van der Waals surface area contributed by atoms with E-state index in [1.165, 1.54) is 4.90 Å². The topological polar surface area (TPSA) is 86.0 Å². The number of benzene rings is 2. The summed E-state index contributed by atoms with van der Waals surface area (Å²) in [5.41, 5.74) is 1.25. The maximum Gasteiger partial charge on any atom is 0.338 e. The lowest BCUT2D eigenvalue weighted by Gasteiger charge is -2.13. The van der Waals surface area contributed by atoms with E-state index in [9.17, 15) is 14.4 Å². The lowest BCUT2D eigenvalue weighted by Crippen LogP contribution is -2.32. The van der Waals surface area contributed by atoms with E-state index < -0.39 is 0 Å². The maximum absolute atomic E-state index is 12.7. The zero-order valence-electron chi connectivity index (χ0n) is 19.3. The molecule has 1 aromatic heterocycles. The first kappa shape index (κ1) is 24.3. The number of furan rings is 1. The number of hydrogen-bond donors (Lipinski definition) is 0. The molecule has 0 unspecified atom stereocenters. The van der Waals surface area contributed by atoms with Crippen LogP contribution in [0.5, 0.6) is 5.75 Å². The summed E-state index contributed by atoms with van der Waals surface area (Å²) in [6.07, 6.45) is 3.36. The predicted molar refractivity (Wildman–Crippen MR) is 134 cm³/mol. The largest absolute Gasteiger partial charge is 0.492 e. The second-order valence-corrected chi connectivity index (χ2v) is 8.76. The molecule has 8 heteroatoms. The summed E-state index contributed by atoms with van der Waals surface area (Å²) in [5, 5.41) is -0.342. The summed E-state index contributed by atoms with van der Waals surface area (Å²) in [7, 11) is 0. The third-order valence-corrected chi connectivity index (χ3v) is 6.14. The van der Waals surface area contributed by atoms with Crippen LogP contribution in [0.25, 0.3) is 17.4 Å². The molecule has 2 heterocycles. The van der Waals surface area contributed by atoms with Crippen molar-refractivity contribution < 1.29 is 28.3 Å². The Kier molecular flexibility index (Phi) is 8.05. The average Bonchev–Trinajstić information content (AvgIpc) is 3.45. The minimum absolute atomic E-state index is 0.160. The molecule has 3 aromatic rings. The van der Waals surface area contributed by atoms with Crippen molar-refractivity contribution in [1.82, 2.24) is 4.90 Å². The Labute approximate surface area is 207 Å². The number of carbonyl (C=O) groups is 3. The van der Waals surface area contributed by atoms with Gasteiger partial charge < -0.3 is 13.9 Å². The van der Waals surface area contributed by atoms with E-state index >= 15 is 0 Å². The summed E-state index contributed by atoms with van der Waals surface area (Å²) in [5.74, 6) is 0.988. The minimum atomic E-state index is -0.374. The smallest absolute Gasteiger partial charge is 0.338 e. The molecule has 1 aliphatic rings. The highest BCUT2D eigenvalue weighted by atomic mass is 32.2. The maximum atomic E-state index is 12.7. The number of thioether (sulfide) groups is 1. The molecular formula is C27H25NO6S. The summed E-state index contributed by atoms with van der Waals surface area (Å²) < 4.78 is 16.7. The molecule has 1 aliphatic heterocycles. The van der Waals surface area contributed by atoms with Gasteiger partial charge in [0.15, 0.2) is 0 Å². The third-order valence-electron chi connectivity index (χ3n) is 5.24. The van der Waals surface area contributed by atoms with Gasteiger partial charge in [0.1, 0.15) is 23.9 Å². The van der Waals surface area contributed by atoms with Gasteiger partial charge in [-0.15, -0.1) is 0 Å². The molecule has 7 nitrogen and oxygen atoms in total. The molecule has 0 spiro atoms. The second-order valence-electron chi connectivity index (χ2n) is 7.76. The Morgan fingerprint density at radius 2 is 1.77 bits per heavy atom. The number of ether oxygens (including phenoxy) is 2. The highest BCUT2D eigenvalue weighted by molar-refractivity contribution is 8.18. The van der Waals surface area contributed by atoms with E-state index in [2.05, 4.69) is 0 Å². The second kappa shape index (κ2) is 11.6. The molecule has 0 radical (unpaired) electrons. The first-order valence-corrected chi connectivity index (χ1v) is 12.2. The van der Waals surface area contributed by atoms with Crippen molar-refractivity contribution in [3.05, 3.63) is 83.0 Å². The average molecular weight is 492 g/mol. The molecule has 1 fully saturated rings. The van der Waals surface area contributed by atoms with Crippen molar-refractivity contribution in [2.75, 3.05) is 19.8 Å². The molecule has 0 aliphatic carbocycles. The fourth-order valence-electron chi connectivity index (χ4n) is 3.34. The van der Waals surface area contributed by atoms with Crippen LogP contribution in [0.1, 0.15) is 35.9 Å². The molecule has 0 N–H and O–H groups in total. The van der Waals surface area contributed by atoms with Crippen LogP contribution in [0, 0.1) is 0 Å². The first-order chi connectivity index (χ1) is 17.0. The number of amides is 2. The highest BCUT2D eigenvalue weighted by Gasteiger charge is 2.35. The van der Waals surface area contributed by atoms with E-state index in [0.717, 1.165) is 30.2 Å². The summed E-state index contributed by atoms with van der Waals surface area (Å²) in [4.78, 5) is 38.6. The molecule has 35 heavy (non-hydrogen) atoms. The Balaban J connectivity index is 1.36. The number of carbonyl (C=O) groups excluding carboxylic acids is 3. The van der Waals surface area contributed by atoms with Gasteiger partial charge in [0.05, 0.1) is 23.6 Å². The Bertz CT molecular complexity index is 1220. The van der Waals surface area contributed by atoms with Gasteiger partial charge in [-0.25, -0.2) is 4.79 Å². The number of unbranched alkanes of at least 4 members (excludes halogenated alkanes) is 1. The number of esters is 1. The van der Waals surface area contributed by atoms with Crippen LogP contribution in [-0.2, 0) is 9.53 Å². The quantitative estimate of drug-likeness (QED) is 0.195. The van der Waals surface area contributed by atoms with Crippen LogP contribution in [0.15, 0.2) is 76.1 Å². The summed E-state index contributed by atoms with van der Waals surface area (Å²) in [6, 6.07) is 19.7. The van der Waals surface area contributed by atoms with Gasteiger partial charge in [-0.3, -0.25) is 14.5 Å². The number of rotatable bonds is 10. The van der Waals surface area contributed by atoms with Crippen molar-refractivity contribution in [2.24, 2.45) is 0 Å². The highest BCUT2D eigenvalue weighted by Crippen LogP contribution is 2.33. The molecule has 0 bridgehead atoms. The molecule has 2 aromatic carbocycles. The van der Waals surface area contributed by atoms with Gasteiger partial charge in [0, 0.05) is 11.6 Å². The van der Waals surface area contributed by atoms with Crippen molar-refractivity contribution >= 4 is 35.0 Å². The minimum Gasteiger partial charge on any atom is -0.492 e. The lowest BCUT2D eigenvalue weighted by atomic mass is 10.1. The zero-order chi connectivity index (χ0) is 24.6. The van der Waals surface area contributed by atoms with Crippen molar-refractivity contribution in [2.45, 2.75) is 19.8 Å². The standard InChI is InChI=1S/C27H25NO6S/c1-2-3-16-33-26(30)20-11-9-19(10-12-20)23-14-13-22(34-23)18-24-25(29)28(27(31)35-24)15-17-32-21-7-5-4-6-8-21/h4-14,18H,2-3,15-17H2,1H3/b24-18-. The Hall–Kier alpha value is -3.78. The van der Waals surface area contributed by atoms with Crippen LogP contribution in [0.3, 0.4) is 0 Å². The number of hydrogen-bond acceptors (Lipinski definition) is 7. The molecule has 2 amide bonds. The Morgan fingerprint density at radius 3 is 2.51 bits per heavy atom. The molecule has 180 valence electrons. The van der Waals surface area contributed by atoms with Crippen LogP contribution in [0.4, 0.5) is 4.79 Å². The van der Waals surface area contributed by atoms with Gasteiger partial charge in [-0.05, 0) is 54.6 Å². The normalized spacial score (nSPS) is 14.5. The monoisotopic (exact) mass is 491 g/mol. The van der Waals surface area contributed by atoms with E-state index in [1.807, 2.05) is 37.3 Å². The van der Waals surface area contributed by atoms with Gasteiger partial charge in [0.2, 0.25) is 0 Å². The van der Waals surface area contributed by atoms with E-state index in [1.54, 1.807) is 42.5 Å². The zero-order valence-corrected chi connectivity index (χ0v) is 20.1. The van der Waals surface area contributed by atoms with Crippen LogP contribution in [-0.4, -0.2) is 41.8 Å². The van der Waals surface area contributed by atoms with Crippen molar-refractivity contribution in [1.29, 1.82) is 0 Å². The van der Waals surface area contributed by atoms with Crippen LogP contribution < -0.4 is 4.74 Å². The van der Waals surface area contributed by atoms with Crippen LogP contribution in [0.2, 0.25) is 0 Å². The fourth-order valence-corrected chi connectivity index (χ4v) is 4.19. The summed E-state index contributed by atoms with van der Waals surface area (Å²) in [6.45, 7) is 2.81. The van der Waals surface area contributed by atoms with Gasteiger partial charge in [0.25, 0.3) is 11.1 Å². The molecule has 0 atom stereocenters. The van der Waals surface area contributed by atoms with E-state index in [-0.39, 0.29) is 30.3 Å². The first-order valence-electron chi connectivity index (χ1n) is 11.4. The fraction of sp³-hybridized carbons (Fsp3) is 0.222. The lowest BCUT2D eigenvalue weighted by molar-refractivity contribution is -0.123. The third kappa shape index (κ3) is 6.22. The van der Waals surface area contributed by atoms with Gasteiger partial charge in [-0.1, -0.05) is 43.7 Å². The summed E-state index contributed by atoms with van der Waals surface area (Å²) >= 11 is 0.873. The number of imide groups is 1. The Morgan fingerprint density at radius 1 is 1.00 bits per heavy atom. The molecule has 1 saturated heterocycles. The van der Waals surface area contributed by atoms with Gasteiger partial charge >= 0.3 is 5.97 Å². The molecule has 0 saturated carbocycles. The SMILES string of the molecule is CCCCOC(=O)c1ccc(-c2ccc(/C=C3\SC(=O)N(CCOc4ccccc4)C3=O)o2)cc1. The molecule has 4 rings (SSSR count). The van der Waals surface area contributed by atoms with Crippen LogP contribution >= 0.6 is 11.8 Å². The number of para-hydroxylation sites is 1. The number of nitrogens with zero attached hydrogens (tertiary/aromatic N) is 1. The van der Waals surface area contributed by atoms with E-state index in [0.29, 0.717) is 34.3 Å². The van der Waals surface area contributed by atoms with Gasteiger partial charge in [-0.2, -0.15) is 0 Å². The van der Waals surface area contributed by atoms with Crippen molar-refractivity contribution in [3.8, 4) is 17.1 Å². The predicted octanol–water partition coefficient (Wildman–Crippen LogP) is 6.02.